The van der Waals surface area contributed by atoms with Crippen LogP contribution in [0.2, 0.25) is 0 Å². The van der Waals surface area contributed by atoms with Gasteiger partial charge in [-0.2, -0.15) is 0 Å². The lowest BCUT2D eigenvalue weighted by Crippen LogP contribution is -2.11. The highest BCUT2D eigenvalue weighted by Gasteiger charge is 2.12. The molecule has 0 spiro atoms. The zero-order chi connectivity index (χ0) is 17.8. The van der Waals surface area contributed by atoms with Gasteiger partial charge in [-0.25, -0.2) is 0 Å². The summed E-state index contributed by atoms with van der Waals surface area (Å²) in [5.74, 6) is 1.32. The van der Waals surface area contributed by atoms with E-state index in [1.807, 2.05) is 56.3 Å². The second-order valence-corrected chi connectivity index (χ2v) is 6.64. The molecular weight excluding hydrogens is 382 g/mol. The van der Waals surface area contributed by atoms with Crippen molar-refractivity contribution in [2.24, 2.45) is 0 Å². The number of nitrogens with one attached hydrogen (secondary N) is 1. The number of benzene rings is 2. The van der Waals surface area contributed by atoms with Gasteiger partial charge in [-0.1, -0.05) is 33.6 Å². The third-order valence-corrected chi connectivity index (χ3v) is 4.59. The summed E-state index contributed by atoms with van der Waals surface area (Å²) < 4.78 is 12.2. The molecule has 1 heterocycles. The Morgan fingerprint density at radius 3 is 2.56 bits per heavy atom. The van der Waals surface area contributed by atoms with Crippen LogP contribution in [0.3, 0.4) is 0 Å². The zero-order valence-electron chi connectivity index (χ0n) is 14.0. The Kier molecular flexibility index (Phi) is 5.24. The fourth-order valence-electron chi connectivity index (χ4n) is 2.28. The largest absolute Gasteiger partial charge is 0.486 e. The molecule has 4 nitrogen and oxygen atoms in total. The second kappa shape index (κ2) is 7.57. The summed E-state index contributed by atoms with van der Waals surface area (Å²) in [7, 11) is 0. The van der Waals surface area contributed by atoms with Crippen molar-refractivity contribution < 1.29 is 13.9 Å². The van der Waals surface area contributed by atoms with Gasteiger partial charge >= 0.3 is 0 Å². The van der Waals surface area contributed by atoms with E-state index >= 15 is 0 Å². The molecule has 3 rings (SSSR count). The van der Waals surface area contributed by atoms with E-state index < -0.39 is 0 Å². The lowest BCUT2D eigenvalue weighted by atomic mass is 10.2. The van der Waals surface area contributed by atoms with E-state index in [2.05, 4.69) is 21.2 Å². The van der Waals surface area contributed by atoms with Gasteiger partial charge in [-0.15, -0.1) is 0 Å². The van der Waals surface area contributed by atoms with Crippen LogP contribution >= 0.6 is 15.9 Å². The van der Waals surface area contributed by atoms with Gasteiger partial charge in [0.25, 0.3) is 5.91 Å². The third kappa shape index (κ3) is 4.51. The minimum Gasteiger partial charge on any atom is -0.486 e. The maximum absolute atomic E-state index is 12.3. The van der Waals surface area contributed by atoms with Gasteiger partial charge in [0.15, 0.2) is 5.76 Å². The first-order valence-electron chi connectivity index (χ1n) is 7.87. The summed E-state index contributed by atoms with van der Waals surface area (Å²) in [6.45, 7) is 4.26. The summed E-state index contributed by atoms with van der Waals surface area (Å²) in [4.78, 5) is 12.3. The predicted octanol–water partition coefficient (Wildman–Crippen LogP) is 5.49. The average Bonchev–Trinajstić information content (AvgIpc) is 3.07. The first kappa shape index (κ1) is 17.3. The number of carbonyl (C=O) groups excluding carboxylic acids is 1. The quantitative estimate of drug-likeness (QED) is 0.616. The van der Waals surface area contributed by atoms with E-state index in [1.54, 1.807) is 12.1 Å². The molecular formula is C20H18BrNO3. The molecule has 5 heteroatoms. The van der Waals surface area contributed by atoms with Crippen LogP contribution in [0.1, 0.15) is 27.4 Å². The number of hydrogen-bond acceptors (Lipinski definition) is 3. The summed E-state index contributed by atoms with van der Waals surface area (Å²) >= 11 is 3.44. The Hall–Kier alpha value is -2.53. The van der Waals surface area contributed by atoms with Crippen molar-refractivity contribution in [1.82, 2.24) is 0 Å². The highest BCUT2D eigenvalue weighted by Crippen LogP contribution is 2.21. The van der Waals surface area contributed by atoms with Crippen molar-refractivity contribution in [3.8, 4) is 5.75 Å². The van der Waals surface area contributed by atoms with Crippen LogP contribution in [0.25, 0.3) is 0 Å². The fourth-order valence-corrected chi connectivity index (χ4v) is 2.53. The van der Waals surface area contributed by atoms with Crippen LogP contribution in [0.4, 0.5) is 5.69 Å². The first-order chi connectivity index (χ1) is 12.0. The van der Waals surface area contributed by atoms with Crippen molar-refractivity contribution in [3.05, 3.63) is 81.7 Å². The maximum atomic E-state index is 12.3. The normalized spacial score (nSPS) is 10.5. The third-order valence-electron chi connectivity index (χ3n) is 3.70. The Bertz CT molecular complexity index is 884. The van der Waals surface area contributed by atoms with E-state index in [-0.39, 0.29) is 18.3 Å². The molecule has 0 saturated heterocycles. The number of anilines is 1. The Balaban J connectivity index is 1.61. The van der Waals surface area contributed by atoms with Gasteiger partial charge in [-0.3, -0.25) is 4.79 Å². The Morgan fingerprint density at radius 1 is 1.08 bits per heavy atom. The lowest BCUT2D eigenvalue weighted by Gasteiger charge is -2.06. The first-order valence-corrected chi connectivity index (χ1v) is 8.66. The molecule has 0 radical (unpaired) electrons. The number of halogens is 1. The van der Waals surface area contributed by atoms with E-state index in [9.17, 15) is 4.79 Å². The summed E-state index contributed by atoms with van der Waals surface area (Å²) in [6, 6.07) is 16.8. The molecule has 25 heavy (non-hydrogen) atoms. The zero-order valence-corrected chi connectivity index (χ0v) is 15.6. The molecule has 0 aliphatic heterocycles. The molecule has 0 fully saturated rings. The monoisotopic (exact) mass is 399 g/mol. The molecule has 0 bridgehead atoms. The molecule has 128 valence electrons. The van der Waals surface area contributed by atoms with Crippen molar-refractivity contribution >= 4 is 27.5 Å². The molecule has 1 amide bonds. The highest BCUT2D eigenvalue weighted by atomic mass is 79.9. The molecule has 1 N–H and O–H groups in total. The number of ether oxygens (including phenoxy) is 1. The summed E-state index contributed by atoms with van der Waals surface area (Å²) in [5, 5.41) is 2.83. The van der Waals surface area contributed by atoms with Crippen LogP contribution in [0.15, 0.2) is 63.5 Å². The fraction of sp³-hybridized carbons (Fsp3) is 0.150. The van der Waals surface area contributed by atoms with Crippen LogP contribution in [-0.4, -0.2) is 5.91 Å². The molecule has 0 unspecified atom stereocenters. The average molecular weight is 400 g/mol. The molecule has 0 aliphatic carbocycles. The van der Waals surface area contributed by atoms with E-state index in [1.165, 1.54) is 5.56 Å². The van der Waals surface area contributed by atoms with Crippen LogP contribution < -0.4 is 10.1 Å². The molecule has 0 aliphatic rings. The number of carbonyl (C=O) groups is 1. The number of aryl methyl sites for hydroxylation is 2. The highest BCUT2D eigenvalue weighted by molar-refractivity contribution is 9.10. The topological polar surface area (TPSA) is 51.5 Å². The number of rotatable bonds is 5. The molecule has 0 saturated carbocycles. The minimum atomic E-state index is -0.289. The Morgan fingerprint density at radius 2 is 1.84 bits per heavy atom. The molecule has 3 aromatic rings. The van der Waals surface area contributed by atoms with Gasteiger partial charge < -0.3 is 14.5 Å². The molecule has 1 aromatic heterocycles. The van der Waals surface area contributed by atoms with Crippen LogP contribution in [-0.2, 0) is 6.61 Å². The Labute approximate surface area is 154 Å². The molecule has 0 atom stereocenters. The molecule has 2 aromatic carbocycles. The van der Waals surface area contributed by atoms with Gasteiger partial charge in [0.05, 0.1) is 0 Å². The van der Waals surface area contributed by atoms with E-state index in [0.717, 1.165) is 21.5 Å². The second-order valence-electron chi connectivity index (χ2n) is 5.79. The minimum absolute atomic E-state index is 0.253. The van der Waals surface area contributed by atoms with Gasteiger partial charge in [0.2, 0.25) is 0 Å². The smallest absolute Gasteiger partial charge is 0.291 e. The van der Waals surface area contributed by atoms with Crippen molar-refractivity contribution in [2.75, 3.05) is 5.32 Å². The standard InChI is InChI=1S/C20H18BrNO3/c1-13-3-6-16(7-4-13)24-12-17-8-10-19(25-17)20(23)22-15-5-9-18(21)14(2)11-15/h3-11H,12H2,1-2H3,(H,22,23). The summed E-state index contributed by atoms with van der Waals surface area (Å²) in [6.07, 6.45) is 0. The van der Waals surface area contributed by atoms with Gasteiger partial charge in [0.1, 0.15) is 18.1 Å². The SMILES string of the molecule is Cc1ccc(OCc2ccc(C(=O)Nc3ccc(Br)c(C)c3)o2)cc1. The van der Waals surface area contributed by atoms with Crippen molar-refractivity contribution in [3.63, 3.8) is 0 Å². The number of hydrogen-bond donors (Lipinski definition) is 1. The van der Waals surface area contributed by atoms with Crippen molar-refractivity contribution in [1.29, 1.82) is 0 Å². The lowest BCUT2D eigenvalue weighted by molar-refractivity contribution is 0.0992. The summed E-state index contributed by atoms with van der Waals surface area (Å²) in [5.41, 5.74) is 2.94. The van der Waals surface area contributed by atoms with Gasteiger partial charge in [0, 0.05) is 10.2 Å². The number of furan rings is 1. The number of amides is 1. The maximum Gasteiger partial charge on any atom is 0.291 e. The van der Waals surface area contributed by atoms with Crippen LogP contribution in [0, 0.1) is 13.8 Å². The van der Waals surface area contributed by atoms with E-state index in [0.29, 0.717) is 5.76 Å². The van der Waals surface area contributed by atoms with Crippen molar-refractivity contribution in [2.45, 2.75) is 20.5 Å². The predicted molar refractivity (Wildman–Crippen MR) is 101 cm³/mol. The van der Waals surface area contributed by atoms with Crippen LogP contribution in [0.5, 0.6) is 5.75 Å². The van der Waals surface area contributed by atoms with E-state index in [4.69, 9.17) is 9.15 Å². The van der Waals surface area contributed by atoms with Gasteiger partial charge in [-0.05, 0) is 61.9 Å².